The first kappa shape index (κ1) is 22.3. The summed E-state index contributed by atoms with van der Waals surface area (Å²) in [6.45, 7) is 0. The zero-order chi connectivity index (χ0) is 23.2. The third-order valence-electron chi connectivity index (χ3n) is 5.56. The van der Waals surface area contributed by atoms with Crippen LogP contribution in [-0.4, -0.2) is 50.9 Å². The van der Waals surface area contributed by atoms with Crippen LogP contribution >= 0.6 is 35.6 Å². The van der Waals surface area contributed by atoms with E-state index in [4.69, 9.17) is 28.9 Å². The molecule has 0 saturated carbocycles. The molecule has 5 rings (SSSR count). The summed E-state index contributed by atoms with van der Waals surface area (Å²) < 4.78 is 26.0. The molecule has 3 aromatic rings. The largest absolute Gasteiger partial charge is 0.289 e. The van der Waals surface area contributed by atoms with Crippen molar-refractivity contribution in [1.29, 1.82) is 0 Å². The molecular formula is C23H18ClN3O3S3. The van der Waals surface area contributed by atoms with Crippen LogP contribution in [0.3, 0.4) is 0 Å². The molecule has 0 spiro atoms. The van der Waals surface area contributed by atoms with Crippen molar-refractivity contribution in [3.63, 3.8) is 0 Å². The lowest BCUT2D eigenvalue weighted by Gasteiger charge is -2.20. The Morgan fingerprint density at radius 1 is 1.12 bits per heavy atom. The summed E-state index contributed by atoms with van der Waals surface area (Å²) in [5.74, 6) is -0.228. The number of amides is 1. The topological polar surface area (TPSA) is 72.3 Å². The predicted molar refractivity (Wildman–Crippen MR) is 136 cm³/mol. The molecule has 0 bridgehead atoms. The second-order valence-corrected chi connectivity index (χ2v) is 12.2. The van der Waals surface area contributed by atoms with E-state index in [0.29, 0.717) is 26.4 Å². The second kappa shape index (κ2) is 8.72. The monoisotopic (exact) mass is 515 g/mol. The lowest BCUT2D eigenvalue weighted by molar-refractivity contribution is -0.123. The van der Waals surface area contributed by atoms with Crippen LogP contribution in [0.15, 0.2) is 65.7 Å². The van der Waals surface area contributed by atoms with Crippen LogP contribution < -0.4 is 0 Å². The number of hydrogen-bond acceptors (Lipinski definition) is 6. The fraction of sp³-hybridized carbons (Fsp3) is 0.174. The summed E-state index contributed by atoms with van der Waals surface area (Å²) in [4.78, 5) is 15.1. The van der Waals surface area contributed by atoms with Gasteiger partial charge in [-0.3, -0.25) is 9.69 Å². The van der Waals surface area contributed by atoms with Crippen LogP contribution in [0.1, 0.15) is 12.0 Å². The van der Waals surface area contributed by atoms with Crippen LogP contribution in [0.25, 0.3) is 23.0 Å². The zero-order valence-corrected chi connectivity index (χ0v) is 20.4. The maximum atomic E-state index is 13.2. The van der Waals surface area contributed by atoms with Crippen molar-refractivity contribution in [2.75, 3.05) is 11.5 Å². The first-order chi connectivity index (χ1) is 15.8. The molecule has 3 heterocycles. The fourth-order valence-electron chi connectivity index (χ4n) is 3.95. The molecule has 2 aromatic carbocycles. The summed E-state index contributed by atoms with van der Waals surface area (Å²) in [5.41, 5.74) is 3.19. The smallest absolute Gasteiger partial charge is 0.266 e. The number of nitrogens with zero attached hydrogens (tertiary/aromatic N) is 3. The standard InChI is InChI=1S/C23H18ClN3O3S3/c24-17-8-6-15(7-9-17)21-16(13-26(25-21)18-4-2-1-3-5-18)12-20-22(28)27(23(31)32-20)19-10-11-33(29,30)14-19/h1-9,12-13,19H,10-11,14H2/b20-12-/t19-/m1/s1. The first-order valence-electron chi connectivity index (χ1n) is 10.2. The van der Waals surface area contributed by atoms with Crippen molar-refractivity contribution in [3.05, 3.63) is 76.3 Å². The van der Waals surface area contributed by atoms with E-state index < -0.39 is 15.9 Å². The molecule has 2 fully saturated rings. The molecule has 0 radical (unpaired) electrons. The van der Waals surface area contributed by atoms with Gasteiger partial charge < -0.3 is 0 Å². The lowest BCUT2D eigenvalue weighted by Crippen LogP contribution is -2.39. The van der Waals surface area contributed by atoms with E-state index in [1.54, 1.807) is 22.9 Å². The number of carbonyl (C=O) groups excluding carboxylic acids is 1. The van der Waals surface area contributed by atoms with E-state index in [1.807, 2.05) is 48.7 Å². The van der Waals surface area contributed by atoms with Crippen molar-refractivity contribution in [2.24, 2.45) is 0 Å². The van der Waals surface area contributed by atoms with E-state index in [-0.39, 0.29) is 17.4 Å². The molecule has 0 unspecified atom stereocenters. The summed E-state index contributed by atoms with van der Waals surface area (Å²) in [6.07, 6.45) is 4.05. The molecule has 168 valence electrons. The Balaban J connectivity index is 1.54. The third-order valence-corrected chi connectivity index (χ3v) is 8.90. The minimum absolute atomic E-state index is 0.0469. The molecule has 1 amide bonds. The number of para-hydroxylation sites is 1. The number of benzene rings is 2. The number of carbonyl (C=O) groups is 1. The number of thiocarbonyl (C=S) groups is 1. The maximum Gasteiger partial charge on any atom is 0.266 e. The molecule has 1 aromatic heterocycles. The van der Waals surface area contributed by atoms with E-state index in [0.717, 1.165) is 16.8 Å². The average Bonchev–Trinajstić information content (AvgIpc) is 3.45. The quantitative estimate of drug-likeness (QED) is 0.374. The normalized spacial score (nSPS) is 21.3. The number of halogens is 1. The van der Waals surface area contributed by atoms with Gasteiger partial charge in [0.05, 0.1) is 33.8 Å². The Hall–Kier alpha value is -2.46. The van der Waals surface area contributed by atoms with Crippen LogP contribution in [-0.2, 0) is 14.6 Å². The Morgan fingerprint density at radius 3 is 2.52 bits per heavy atom. The van der Waals surface area contributed by atoms with Crippen LogP contribution in [0, 0.1) is 0 Å². The summed E-state index contributed by atoms with van der Waals surface area (Å²) >= 11 is 12.7. The molecule has 0 aliphatic carbocycles. The van der Waals surface area contributed by atoms with E-state index in [2.05, 4.69) is 0 Å². The van der Waals surface area contributed by atoms with Gasteiger partial charge in [0.15, 0.2) is 9.84 Å². The van der Waals surface area contributed by atoms with Gasteiger partial charge in [0.1, 0.15) is 4.32 Å². The molecule has 6 nitrogen and oxygen atoms in total. The van der Waals surface area contributed by atoms with Crippen LogP contribution in [0.5, 0.6) is 0 Å². The highest BCUT2D eigenvalue weighted by molar-refractivity contribution is 8.26. The van der Waals surface area contributed by atoms with Gasteiger partial charge in [-0.15, -0.1) is 0 Å². The lowest BCUT2D eigenvalue weighted by atomic mass is 10.1. The minimum atomic E-state index is -3.14. The molecule has 2 aliphatic rings. The van der Waals surface area contributed by atoms with Gasteiger partial charge in [-0.05, 0) is 36.8 Å². The van der Waals surface area contributed by atoms with Crippen LogP contribution in [0.2, 0.25) is 5.02 Å². The van der Waals surface area contributed by atoms with E-state index >= 15 is 0 Å². The van der Waals surface area contributed by atoms with E-state index in [9.17, 15) is 13.2 Å². The van der Waals surface area contributed by atoms with Gasteiger partial charge in [-0.1, -0.05) is 65.9 Å². The SMILES string of the molecule is O=C1/C(=C/c2cn(-c3ccccc3)nc2-c2ccc(Cl)cc2)SC(=S)N1[C@@H]1CCS(=O)(=O)C1. The van der Waals surface area contributed by atoms with E-state index in [1.165, 1.54) is 16.7 Å². The van der Waals surface area contributed by atoms with Gasteiger partial charge >= 0.3 is 0 Å². The number of thioether (sulfide) groups is 1. The number of aromatic nitrogens is 2. The van der Waals surface area contributed by atoms with Crippen molar-refractivity contribution in [3.8, 4) is 16.9 Å². The Bertz CT molecular complexity index is 1380. The van der Waals surface area contributed by atoms with Crippen molar-refractivity contribution < 1.29 is 13.2 Å². The average molecular weight is 516 g/mol. The number of sulfone groups is 1. The second-order valence-electron chi connectivity index (χ2n) is 7.83. The number of hydrogen-bond donors (Lipinski definition) is 0. The van der Waals surface area contributed by atoms with Gasteiger partial charge in [-0.25, -0.2) is 13.1 Å². The highest BCUT2D eigenvalue weighted by atomic mass is 35.5. The van der Waals surface area contributed by atoms with Gasteiger partial charge in [0, 0.05) is 22.3 Å². The molecule has 33 heavy (non-hydrogen) atoms. The predicted octanol–water partition coefficient (Wildman–Crippen LogP) is 4.58. The molecule has 0 N–H and O–H groups in total. The Kier molecular flexibility index (Phi) is 5.90. The number of rotatable bonds is 4. The van der Waals surface area contributed by atoms with Gasteiger partial charge in [0.2, 0.25) is 0 Å². The summed E-state index contributed by atoms with van der Waals surface area (Å²) in [5, 5.41) is 5.39. The Morgan fingerprint density at radius 2 is 1.85 bits per heavy atom. The van der Waals surface area contributed by atoms with Crippen molar-refractivity contribution >= 4 is 61.7 Å². The molecule has 1 atom stereocenters. The van der Waals surface area contributed by atoms with Crippen molar-refractivity contribution in [1.82, 2.24) is 14.7 Å². The molecule has 10 heteroatoms. The molecular weight excluding hydrogens is 498 g/mol. The van der Waals surface area contributed by atoms with Gasteiger partial charge in [-0.2, -0.15) is 5.10 Å². The minimum Gasteiger partial charge on any atom is -0.289 e. The fourth-order valence-corrected chi connectivity index (χ4v) is 7.17. The zero-order valence-electron chi connectivity index (χ0n) is 17.2. The highest BCUT2D eigenvalue weighted by Gasteiger charge is 2.42. The first-order valence-corrected chi connectivity index (χ1v) is 13.6. The summed E-state index contributed by atoms with van der Waals surface area (Å²) in [7, 11) is -3.14. The molecule has 2 aliphatic heterocycles. The van der Waals surface area contributed by atoms with Crippen LogP contribution in [0.4, 0.5) is 0 Å². The maximum absolute atomic E-state index is 13.2. The Labute approximate surface area is 206 Å². The highest BCUT2D eigenvalue weighted by Crippen LogP contribution is 2.37. The molecule has 2 saturated heterocycles. The summed E-state index contributed by atoms with van der Waals surface area (Å²) in [6, 6.07) is 16.6. The van der Waals surface area contributed by atoms with Crippen molar-refractivity contribution in [2.45, 2.75) is 12.5 Å². The third kappa shape index (κ3) is 4.50. The van der Waals surface area contributed by atoms with Gasteiger partial charge in [0.25, 0.3) is 5.91 Å².